The lowest BCUT2D eigenvalue weighted by atomic mass is 9.87. The van der Waals surface area contributed by atoms with Gasteiger partial charge in [-0.15, -0.1) is 12.4 Å². The molecule has 1 rings (SSSR count). The van der Waals surface area contributed by atoms with E-state index < -0.39 is 6.04 Å². The molecule has 0 bridgehead atoms. The highest BCUT2D eigenvalue weighted by molar-refractivity contribution is 5.85. The lowest BCUT2D eigenvalue weighted by Gasteiger charge is -2.20. The molecule has 3 nitrogen and oxygen atoms in total. The van der Waals surface area contributed by atoms with Gasteiger partial charge in [-0.1, -0.05) is 65.3 Å². The smallest absolute Gasteiger partial charge is 0.237 e. The number of nitrogens with two attached hydrogens (primary N) is 1. The second-order valence-electron chi connectivity index (χ2n) is 6.58. The molecule has 0 aliphatic carbocycles. The molecule has 2 atom stereocenters. The van der Waals surface area contributed by atoms with Crippen LogP contribution in [0.25, 0.3) is 0 Å². The lowest BCUT2D eigenvalue weighted by Crippen LogP contribution is -2.44. The van der Waals surface area contributed by atoms with E-state index in [-0.39, 0.29) is 29.6 Å². The number of nitrogens with one attached hydrogen (secondary N) is 1. The molecule has 2 unspecified atom stereocenters. The minimum Gasteiger partial charge on any atom is -0.351 e. The summed E-state index contributed by atoms with van der Waals surface area (Å²) in [6.45, 7) is 11.2. The van der Waals surface area contributed by atoms with Gasteiger partial charge in [0.2, 0.25) is 5.91 Å². The Bertz CT molecular complexity index is 437. The highest BCUT2D eigenvalue weighted by atomic mass is 35.5. The van der Waals surface area contributed by atoms with E-state index in [1.807, 2.05) is 13.8 Å². The van der Waals surface area contributed by atoms with Gasteiger partial charge in [0.25, 0.3) is 0 Å². The second-order valence-corrected chi connectivity index (χ2v) is 6.58. The van der Waals surface area contributed by atoms with Crippen LogP contribution in [0.2, 0.25) is 0 Å². The van der Waals surface area contributed by atoms with Crippen molar-refractivity contribution in [1.29, 1.82) is 0 Å². The zero-order valence-electron chi connectivity index (χ0n) is 13.8. The monoisotopic (exact) mass is 312 g/mol. The van der Waals surface area contributed by atoms with Crippen molar-refractivity contribution in [2.24, 2.45) is 11.7 Å². The van der Waals surface area contributed by atoms with Crippen LogP contribution in [0.3, 0.4) is 0 Å². The molecule has 0 aliphatic heterocycles. The van der Waals surface area contributed by atoms with Gasteiger partial charge in [-0.2, -0.15) is 0 Å². The van der Waals surface area contributed by atoms with Gasteiger partial charge in [0.15, 0.2) is 0 Å². The highest BCUT2D eigenvalue weighted by Gasteiger charge is 2.19. The van der Waals surface area contributed by atoms with Crippen molar-refractivity contribution in [3.8, 4) is 0 Å². The average molecular weight is 313 g/mol. The first-order chi connectivity index (χ1) is 9.25. The van der Waals surface area contributed by atoms with Crippen LogP contribution in [0.4, 0.5) is 0 Å². The summed E-state index contributed by atoms with van der Waals surface area (Å²) in [5, 5.41) is 2.91. The topological polar surface area (TPSA) is 55.1 Å². The van der Waals surface area contributed by atoms with Gasteiger partial charge in [-0.3, -0.25) is 4.79 Å². The molecule has 1 aromatic carbocycles. The molecule has 0 aromatic heterocycles. The molecule has 0 saturated carbocycles. The first-order valence-corrected chi connectivity index (χ1v) is 7.38. The number of amides is 1. The fourth-order valence-corrected chi connectivity index (χ4v) is 1.94. The van der Waals surface area contributed by atoms with Crippen LogP contribution in [0.1, 0.15) is 52.2 Å². The van der Waals surface area contributed by atoms with Crippen molar-refractivity contribution in [1.82, 2.24) is 5.32 Å². The molecule has 1 aromatic rings. The van der Waals surface area contributed by atoms with E-state index in [0.29, 0.717) is 6.54 Å². The Morgan fingerprint density at radius 3 is 2.19 bits per heavy atom. The van der Waals surface area contributed by atoms with Crippen molar-refractivity contribution >= 4 is 18.3 Å². The van der Waals surface area contributed by atoms with Crippen LogP contribution in [-0.2, 0) is 16.8 Å². The Kier molecular flexibility index (Phi) is 7.98. The van der Waals surface area contributed by atoms with E-state index in [0.717, 1.165) is 12.0 Å². The number of benzene rings is 1. The number of hydrogen-bond donors (Lipinski definition) is 2. The zero-order valence-corrected chi connectivity index (χ0v) is 14.6. The maximum atomic E-state index is 11.9. The van der Waals surface area contributed by atoms with E-state index in [9.17, 15) is 4.79 Å². The summed E-state index contributed by atoms with van der Waals surface area (Å²) in [6.07, 6.45) is 0.912. The van der Waals surface area contributed by atoms with E-state index in [1.165, 1.54) is 5.56 Å². The minimum atomic E-state index is -0.422. The Morgan fingerprint density at radius 1 is 1.24 bits per heavy atom. The van der Waals surface area contributed by atoms with E-state index in [4.69, 9.17) is 5.73 Å². The molecule has 3 N–H and O–H groups in total. The number of carbonyl (C=O) groups is 1. The molecule has 0 radical (unpaired) electrons. The van der Waals surface area contributed by atoms with E-state index in [2.05, 4.69) is 50.4 Å². The fraction of sp³-hybridized carbons (Fsp3) is 0.588. The van der Waals surface area contributed by atoms with E-state index >= 15 is 0 Å². The van der Waals surface area contributed by atoms with Crippen LogP contribution in [-0.4, -0.2) is 11.9 Å². The van der Waals surface area contributed by atoms with Crippen molar-refractivity contribution < 1.29 is 4.79 Å². The quantitative estimate of drug-likeness (QED) is 0.875. The molecular formula is C17H29ClN2O. The first-order valence-electron chi connectivity index (χ1n) is 7.38. The van der Waals surface area contributed by atoms with Gasteiger partial charge in [-0.25, -0.2) is 0 Å². The maximum absolute atomic E-state index is 11.9. The van der Waals surface area contributed by atoms with Gasteiger partial charge in [-0.05, 0) is 22.5 Å². The molecule has 4 heteroatoms. The normalized spacial score (nSPS) is 14.0. The maximum Gasteiger partial charge on any atom is 0.237 e. The Labute approximate surface area is 135 Å². The summed E-state index contributed by atoms with van der Waals surface area (Å²) in [5.41, 5.74) is 8.45. The molecule has 0 fully saturated rings. The number of rotatable bonds is 5. The molecule has 21 heavy (non-hydrogen) atoms. The van der Waals surface area contributed by atoms with Crippen LogP contribution < -0.4 is 11.1 Å². The van der Waals surface area contributed by atoms with Crippen molar-refractivity contribution in [2.45, 2.75) is 59.0 Å². The van der Waals surface area contributed by atoms with Gasteiger partial charge in [0, 0.05) is 6.54 Å². The molecule has 120 valence electrons. The van der Waals surface area contributed by atoms with Gasteiger partial charge >= 0.3 is 0 Å². The standard InChI is InChI=1S/C17H28N2O.ClH/c1-6-12(2)15(18)16(20)19-11-13-7-9-14(10-8-13)17(3,4)5;/h7-10,12,15H,6,11,18H2,1-5H3,(H,19,20);1H. The third kappa shape index (κ3) is 6.06. The van der Waals surface area contributed by atoms with Crippen molar-refractivity contribution in [3.05, 3.63) is 35.4 Å². The zero-order chi connectivity index (χ0) is 15.3. The van der Waals surface area contributed by atoms with Crippen LogP contribution >= 0.6 is 12.4 Å². The van der Waals surface area contributed by atoms with Gasteiger partial charge in [0.1, 0.15) is 0 Å². The predicted octanol–water partition coefficient (Wildman–Crippen LogP) is 3.40. The van der Waals surface area contributed by atoms with Crippen LogP contribution in [0.15, 0.2) is 24.3 Å². The van der Waals surface area contributed by atoms with Crippen molar-refractivity contribution in [3.63, 3.8) is 0 Å². The largest absolute Gasteiger partial charge is 0.351 e. The summed E-state index contributed by atoms with van der Waals surface area (Å²) in [5.74, 6) is 0.137. The minimum absolute atomic E-state index is 0. The summed E-state index contributed by atoms with van der Waals surface area (Å²) in [6, 6.07) is 7.95. The van der Waals surface area contributed by atoms with Crippen LogP contribution in [0, 0.1) is 5.92 Å². The Hall–Kier alpha value is -1.06. The number of carbonyl (C=O) groups excluding carboxylic acids is 1. The molecule has 1 amide bonds. The van der Waals surface area contributed by atoms with Gasteiger partial charge in [0.05, 0.1) is 6.04 Å². The van der Waals surface area contributed by atoms with Crippen molar-refractivity contribution in [2.75, 3.05) is 0 Å². The fourth-order valence-electron chi connectivity index (χ4n) is 1.94. The lowest BCUT2D eigenvalue weighted by molar-refractivity contribution is -0.123. The summed E-state index contributed by atoms with van der Waals surface area (Å²) >= 11 is 0. The average Bonchev–Trinajstić information content (AvgIpc) is 2.42. The third-order valence-corrected chi connectivity index (χ3v) is 3.85. The SMILES string of the molecule is CCC(C)C(N)C(=O)NCc1ccc(C(C)(C)C)cc1.Cl. The Morgan fingerprint density at radius 2 is 1.76 bits per heavy atom. The third-order valence-electron chi connectivity index (χ3n) is 3.85. The molecule has 0 heterocycles. The molecule has 0 spiro atoms. The summed E-state index contributed by atoms with van der Waals surface area (Å²) < 4.78 is 0. The highest BCUT2D eigenvalue weighted by Crippen LogP contribution is 2.22. The summed E-state index contributed by atoms with van der Waals surface area (Å²) in [7, 11) is 0. The Balaban J connectivity index is 0.00000400. The molecular weight excluding hydrogens is 284 g/mol. The molecule has 0 aliphatic rings. The van der Waals surface area contributed by atoms with Crippen LogP contribution in [0.5, 0.6) is 0 Å². The van der Waals surface area contributed by atoms with Gasteiger partial charge < -0.3 is 11.1 Å². The summed E-state index contributed by atoms with van der Waals surface area (Å²) in [4.78, 5) is 11.9. The number of hydrogen-bond acceptors (Lipinski definition) is 2. The predicted molar refractivity (Wildman–Crippen MR) is 91.7 cm³/mol. The first kappa shape index (κ1) is 19.9. The number of halogens is 1. The second kappa shape index (κ2) is 8.40. The van der Waals surface area contributed by atoms with E-state index in [1.54, 1.807) is 0 Å². The molecule has 0 saturated heterocycles.